The molecule has 0 radical (unpaired) electrons. The maximum absolute atomic E-state index is 11.0. The molecule has 0 saturated carbocycles. The maximum Gasteiger partial charge on any atom is 0.305 e. The van der Waals surface area contributed by atoms with Crippen molar-refractivity contribution in [3.63, 3.8) is 0 Å². The summed E-state index contributed by atoms with van der Waals surface area (Å²) in [6.45, 7) is 5.27. The first-order valence-corrected chi connectivity index (χ1v) is 5.38. The monoisotopic (exact) mass is 227 g/mol. The molecule has 1 rings (SSSR count). The molecule has 0 atom stereocenters. The van der Waals surface area contributed by atoms with Gasteiger partial charge in [0.2, 0.25) is 5.89 Å². The van der Waals surface area contributed by atoms with Crippen LogP contribution in [-0.4, -0.2) is 29.3 Å². The Hall–Kier alpha value is -1.43. The molecule has 6 heteroatoms. The number of hydrogen-bond acceptors (Lipinski definition) is 6. The molecule has 16 heavy (non-hydrogen) atoms. The molecule has 0 aliphatic carbocycles. The first-order chi connectivity index (χ1) is 7.72. The molecule has 0 fully saturated rings. The fourth-order valence-electron chi connectivity index (χ4n) is 1.20. The van der Waals surface area contributed by atoms with Crippen LogP contribution >= 0.6 is 0 Å². The average Bonchev–Trinajstić information content (AvgIpc) is 2.64. The summed E-state index contributed by atoms with van der Waals surface area (Å²) in [7, 11) is 0. The van der Waals surface area contributed by atoms with Gasteiger partial charge in [0.05, 0.1) is 13.2 Å². The van der Waals surface area contributed by atoms with E-state index in [1.165, 1.54) is 0 Å². The van der Waals surface area contributed by atoms with E-state index in [0.717, 1.165) is 13.0 Å². The molecular formula is C10H17N3O3. The summed E-state index contributed by atoms with van der Waals surface area (Å²) < 4.78 is 9.62. The number of nitrogens with zero attached hydrogens (tertiary/aromatic N) is 2. The second kappa shape index (κ2) is 6.95. The van der Waals surface area contributed by atoms with Crippen molar-refractivity contribution >= 4 is 5.97 Å². The Morgan fingerprint density at radius 1 is 1.56 bits per heavy atom. The van der Waals surface area contributed by atoms with Crippen LogP contribution < -0.4 is 5.32 Å². The van der Waals surface area contributed by atoms with Gasteiger partial charge in [-0.1, -0.05) is 5.16 Å². The number of aryl methyl sites for hydroxylation is 1. The van der Waals surface area contributed by atoms with Gasteiger partial charge < -0.3 is 14.6 Å². The molecule has 0 bridgehead atoms. The lowest BCUT2D eigenvalue weighted by Gasteiger charge is -2.02. The van der Waals surface area contributed by atoms with Crippen LogP contribution in [0.25, 0.3) is 0 Å². The van der Waals surface area contributed by atoms with E-state index in [-0.39, 0.29) is 5.97 Å². The molecule has 1 aromatic rings. The first kappa shape index (κ1) is 12.6. The number of esters is 1. The first-order valence-electron chi connectivity index (χ1n) is 5.38. The van der Waals surface area contributed by atoms with E-state index in [9.17, 15) is 4.79 Å². The SMILES string of the molecule is CCOC(=O)CCCNCc1noc(C)n1. The lowest BCUT2D eigenvalue weighted by molar-refractivity contribution is -0.143. The van der Waals surface area contributed by atoms with Gasteiger partial charge in [0.25, 0.3) is 0 Å². The van der Waals surface area contributed by atoms with Crippen molar-refractivity contribution in [2.24, 2.45) is 0 Å². The minimum Gasteiger partial charge on any atom is -0.466 e. The van der Waals surface area contributed by atoms with Crippen molar-refractivity contribution in [1.29, 1.82) is 0 Å². The molecule has 90 valence electrons. The van der Waals surface area contributed by atoms with Gasteiger partial charge in [-0.15, -0.1) is 0 Å². The third-order valence-corrected chi connectivity index (χ3v) is 1.89. The Balaban J connectivity index is 2.02. The van der Waals surface area contributed by atoms with Crippen molar-refractivity contribution in [2.45, 2.75) is 33.2 Å². The molecule has 0 aromatic carbocycles. The summed E-state index contributed by atoms with van der Waals surface area (Å²) in [5, 5.41) is 6.86. The number of carbonyl (C=O) groups excluding carboxylic acids is 1. The van der Waals surface area contributed by atoms with E-state index < -0.39 is 0 Å². The highest BCUT2D eigenvalue weighted by atomic mass is 16.5. The highest BCUT2D eigenvalue weighted by Crippen LogP contribution is 1.95. The summed E-state index contributed by atoms with van der Waals surface area (Å²) in [5.41, 5.74) is 0. The summed E-state index contributed by atoms with van der Waals surface area (Å²) in [5.74, 6) is 1.04. The zero-order valence-electron chi connectivity index (χ0n) is 9.65. The van der Waals surface area contributed by atoms with E-state index >= 15 is 0 Å². The fourth-order valence-corrected chi connectivity index (χ4v) is 1.20. The van der Waals surface area contributed by atoms with Gasteiger partial charge in [-0.25, -0.2) is 0 Å². The lowest BCUT2D eigenvalue weighted by atomic mass is 10.3. The zero-order chi connectivity index (χ0) is 11.8. The molecule has 0 unspecified atom stereocenters. The second-order valence-electron chi connectivity index (χ2n) is 3.31. The van der Waals surface area contributed by atoms with E-state index in [1.54, 1.807) is 13.8 Å². The van der Waals surface area contributed by atoms with Crippen LogP contribution in [0.3, 0.4) is 0 Å². The number of rotatable bonds is 7. The van der Waals surface area contributed by atoms with Gasteiger partial charge in [0.1, 0.15) is 0 Å². The summed E-state index contributed by atoms with van der Waals surface area (Å²) in [4.78, 5) is 15.0. The van der Waals surface area contributed by atoms with Crippen molar-refractivity contribution < 1.29 is 14.1 Å². The number of hydrogen-bond donors (Lipinski definition) is 1. The Bertz CT molecular complexity index is 325. The number of carbonyl (C=O) groups is 1. The van der Waals surface area contributed by atoms with Crippen LogP contribution in [0, 0.1) is 6.92 Å². The molecule has 6 nitrogen and oxygen atoms in total. The predicted molar refractivity (Wildman–Crippen MR) is 56.6 cm³/mol. The largest absolute Gasteiger partial charge is 0.466 e. The number of ether oxygens (including phenoxy) is 1. The standard InChI is InChI=1S/C10H17N3O3/c1-3-15-10(14)5-4-6-11-7-9-12-8(2)16-13-9/h11H,3-7H2,1-2H3. The van der Waals surface area contributed by atoms with Crippen molar-refractivity contribution in [3.05, 3.63) is 11.7 Å². The third kappa shape index (κ3) is 4.88. The molecule has 0 aliphatic heterocycles. The summed E-state index contributed by atoms with van der Waals surface area (Å²) >= 11 is 0. The second-order valence-corrected chi connectivity index (χ2v) is 3.31. The summed E-state index contributed by atoms with van der Waals surface area (Å²) in [6.07, 6.45) is 1.18. The minimum absolute atomic E-state index is 0.153. The Morgan fingerprint density at radius 3 is 3.00 bits per heavy atom. The molecule has 1 N–H and O–H groups in total. The van der Waals surface area contributed by atoms with E-state index in [2.05, 4.69) is 15.5 Å². The van der Waals surface area contributed by atoms with Gasteiger partial charge in [0, 0.05) is 13.3 Å². The van der Waals surface area contributed by atoms with Gasteiger partial charge in [-0.2, -0.15) is 4.98 Å². The Morgan fingerprint density at radius 2 is 2.38 bits per heavy atom. The topological polar surface area (TPSA) is 77.2 Å². The lowest BCUT2D eigenvalue weighted by Crippen LogP contribution is -2.17. The average molecular weight is 227 g/mol. The van der Waals surface area contributed by atoms with Crippen molar-refractivity contribution in [2.75, 3.05) is 13.2 Å². The van der Waals surface area contributed by atoms with Crippen LogP contribution in [0.5, 0.6) is 0 Å². The molecule has 0 amide bonds. The van der Waals surface area contributed by atoms with Crippen LogP contribution in [0.2, 0.25) is 0 Å². The maximum atomic E-state index is 11.0. The Kier molecular flexibility index (Phi) is 5.49. The van der Waals surface area contributed by atoms with Crippen LogP contribution in [-0.2, 0) is 16.1 Å². The molecule has 1 heterocycles. The quantitative estimate of drug-likeness (QED) is 0.548. The van der Waals surface area contributed by atoms with Crippen molar-refractivity contribution in [3.8, 4) is 0 Å². The highest BCUT2D eigenvalue weighted by Gasteiger charge is 2.02. The van der Waals surface area contributed by atoms with E-state index in [0.29, 0.717) is 31.3 Å². The van der Waals surface area contributed by atoms with Crippen LogP contribution in [0.1, 0.15) is 31.5 Å². The molecule has 1 aromatic heterocycles. The van der Waals surface area contributed by atoms with Crippen LogP contribution in [0.4, 0.5) is 0 Å². The fraction of sp³-hybridized carbons (Fsp3) is 0.700. The van der Waals surface area contributed by atoms with Gasteiger partial charge in [0.15, 0.2) is 5.82 Å². The molecule has 0 saturated heterocycles. The smallest absolute Gasteiger partial charge is 0.305 e. The van der Waals surface area contributed by atoms with Gasteiger partial charge >= 0.3 is 5.97 Å². The Labute approximate surface area is 94.4 Å². The summed E-state index contributed by atoms with van der Waals surface area (Å²) in [6, 6.07) is 0. The van der Waals surface area contributed by atoms with Crippen molar-refractivity contribution in [1.82, 2.24) is 15.5 Å². The molecular weight excluding hydrogens is 210 g/mol. The van der Waals surface area contributed by atoms with E-state index in [4.69, 9.17) is 9.26 Å². The normalized spacial score (nSPS) is 10.4. The molecule has 0 aliphatic rings. The van der Waals surface area contributed by atoms with Gasteiger partial charge in [-0.05, 0) is 19.9 Å². The minimum atomic E-state index is -0.153. The third-order valence-electron chi connectivity index (χ3n) is 1.89. The zero-order valence-corrected chi connectivity index (χ0v) is 9.65. The number of aromatic nitrogens is 2. The van der Waals surface area contributed by atoms with E-state index in [1.807, 2.05) is 0 Å². The highest BCUT2D eigenvalue weighted by molar-refractivity contribution is 5.69. The number of nitrogens with one attached hydrogen (secondary N) is 1. The van der Waals surface area contributed by atoms with Gasteiger partial charge in [-0.3, -0.25) is 4.79 Å². The van der Waals surface area contributed by atoms with Crippen LogP contribution in [0.15, 0.2) is 4.52 Å². The molecule has 0 spiro atoms. The predicted octanol–water partition coefficient (Wildman–Crippen LogP) is 0.811.